The van der Waals surface area contributed by atoms with Gasteiger partial charge in [0.05, 0.1) is 6.54 Å². The number of likely N-dealkylation sites (N-methyl/N-ethyl adjacent to an activating group) is 1. The molecule has 1 N–H and O–H groups in total. The molecule has 1 aliphatic heterocycles. The van der Waals surface area contributed by atoms with Gasteiger partial charge in [-0.15, -0.1) is 17.7 Å². The summed E-state index contributed by atoms with van der Waals surface area (Å²) in [6.45, 7) is 9.59. The lowest BCUT2D eigenvalue weighted by Crippen LogP contribution is -2.38. The van der Waals surface area contributed by atoms with E-state index in [1.54, 1.807) is 0 Å². The summed E-state index contributed by atoms with van der Waals surface area (Å²) < 4.78 is 37.0. The second kappa shape index (κ2) is 6.22. The Labute approximate surface area is 113 Å². The van der Waals surface area contributed by atoms with Crippen molar-refractivity contribution in [3.63, 3.8) is 0 Å². The summed E-state index contributed by atoms with van der Waals surface area (Å²) in [5, 5.41) is 3.46. The number of nitrogens with one attached hydrogen (secondary N) is 1. The molecule has 0 bridgehead atoms. The second-order valence-electron chi connectivity index (χ2n) is 6.07. The third-order valence-corrected chi connectivity index (χ3v) is 4.01. The van der Waals surface area contributed by atoms with Gasteiger partial charge in [0.15, 0.2) is 6.54 Å². The van der Waals surface area contributed by atoms with Gasteiger partial charge < -0.3 is 10.2 Å². The molecule has 6 heteroatoms. The minimum atomic E-state index is -4.34. The van der Waals surface area contributed by atoms with E-state index in [4.69, 9.17) is 0 Å². The first-order valence-corrected chi connectivity index (χ1v) is 6.70. The smallest absolute Gasteiger partial charge is 0.313 e. The predicted octanol–water partition coefficient (Wildman–Crippen LogP) is 1.93. The van der Waals surface area contributed by atoms with Crippen molar-refractivity contribution in [3.8, 4) is 0 Å². The SMILES string of the molecule is C=[N+](CCN(C)CCC1NCCC1(C)C)C(F)(F)F. The molecule has 0 radical (unpaired) electrons. The molecule has 1 heterocycles. The van der Waals surface area contributed by atoms with E-state index >= 15 is 0 Å². The number of nitrogens with zero attached hydrogens (tertiary/aromatic N) is 2. The van der Waals surface area contributed by atoms with E-state index in [0.717, 1.165) is 25.9 Å². The fourth-order valence-electron chi connectivity index (χ4n) is 2.39. The maximum Gasteiger partial charge on any atom is 0.632 e. The van der Waals surface area contributed by atoms with Crippen molar-refractivity contribution in [1.82, 2.24) is 10.2 Å². The molecule has 1 fully saturated rings. The van der Waals surface area contributed by atoms with Gasteiger partial charge in [0, 0.05) is 6.04 Å². The predicted molar refractivity (Wildman–Crippen MR) is 70.6 cm³/mol. The molecule has 0 aliphatic carbocycles. The molecule has 19 heavy (non-hydrogen) atoms. The van der Waals surface area contributed by atoms with E-state index in [9.17, 15) is 13.2 Å². The highest BCUT2D eigenvalue weighted by Crippen LogP contribution is 2.31. The van der Waals surface area contributed by atoms with E-state index in [2.05, 4.69) is 25.9 Å². The molecule has 1 atom stereocenters. The molecular weight excluding hydrogens is 255 g/mol. The van der Waals surface area contributed by atoms with Gasteiger partial charge >= 0.3 is 6.30 Å². The molecule has 1 saturated heterocycles. The van der Waals surface area contributed by atoms with Gasteiger partial charge in [0.1, 0.15) is 6.72 Å². The van der Waals surface area contributed by atoms with Crippen molar-refractivity contribution in [1.29, 1.82) is 0 Å². The number of rotatable bonds is 6. The zero-order valence-electron chi connectivity index (χ0n) is 12.1. The Bertz CT molecular complexity index is 313. The van der Waals surface area contributed by atoms with Gasteiger partial charge in [-0.1, -0.05) is 13.8 Å². The Hall–Kier alpha value is -0.620. The summed E-state index contributed by atoms with van der Waals surface area (Å²) in [6.07, 6.45) is -2.22. The van der Waals surface area contributed by atoms with Crippen molar-refractivity contribution < 1.29 is 17.7 Å². The van der Waals surface area contributed by atoms with Gasteiger partial charge in [-0.05, 0) is 38.4 Å². The zero-order valence-corrected chi connectivity index (χ0v) is 12.1. The normalized spacial score (nSPS) is 23.0. The van der Waals surface area contributed by atoms with Crippen LogP contribution in [0.4, 0.5) is 13.2 Å². The molecule has 1 rings (SSSR count). The standard InChI is InChI=1S/C13H25F3N3/c1-12(2)6-7-17-11(12)5-8-18(3)9-10-19(4)13(14,15)16/h11,17H,4-10H2,1-3H3/q+1. The van der Waals surface area contributed by atoms with Crippen molar-refractivity contribution in [2.24, 2.45) is 5.41 Å². The van der Waals surface area contributed by atoms with Crippen LogP contribution in [0.25, 0.3) is 0 Å². The molecule has 0 amide bonds. The number of halogens is 3. The first-order valence-electron chi connectivity index (χ1n) is 6.70. The first-order chi connectivity index (χ1) is 8.63. The van der Waals surface area contributed by atoms with Crippen molar-refractivity contribution in [3.05, 3.63) is 0 Å². The van der Waals surface area contributed by atoms with Crippen LogP contribution in [0, 0.1) is 5.41 Å². The lowest BCUT2D eigenvalue weighted by atomic mass is 9.83. The van der Waals surface area contributed by atoms with E-state index in [1.807, 2.05) is 11.9 Å². The van der Waals surface area contributed by atoms with Crippen molar-refractivity contribution >= 4 is 6.72 Å². The third kappa shape index (κ3) is 5.10. The van der Waals surface area contributed by atoms with E-state index < -0.39 is 6.30 Å². The lowest BCUT2D eigenvalue weighted by molar-refractivity contribution is -0.706. The first kappa shape index (κ1) is 16.4. The molecule has 0 aromatic heterocycles. The van der Waals surface area contributed by atoms with Crippen LogP contribution in [-0.2, 0) is 0 Å². The van der Waals surface area contributed by atoms with Crippen LogP contribution < -0.4 is 5.32 Å². The Kier molecular flexibility index (Phi) is 5.38. The van der Waals surface area contributed by atoms with Crippen LogP contribution in [-0.4, -0.2) is 61.8 Å². The van der Waals surface area contributed by atoms with Crippen LogP contribution in [0.2, 0.25) is 0 Å². The fourth-order valence-corrected chi connectivity index (χ4v) is 2.39. The summed E-state index contributed by atoms with van der Waals surface area (Å²) in [5.41, 5.74) is 0.283. The minimum Gasteiger partial charge on any atom is -0.313 e. The van der Waals surface area contributed by atoms with Crippen LogP contribution in [0.15, 0.2) is 0 Å². The van der Waals surface area contributed by atoms with E-state index in [0.29, 0.717) is 12.6 Å². The molecule has 0 aromatic carbocycles. The fraction of sp³-hybridized carbons (Fsp3) is 0.923. The summed E-state index contributed by atoms with van der Waals surface area (Å²) >= 11 is 0. The second-order valence-corrected chi connectivity index (χ2v) is 6.07. The third-order valence-electron chi connectivity index (χ3n) is 4.01. The largest absolute Gasteiger partial charge is 0.632 e. The Balaban J connectivity index is 2.25. The summed E-state index contributed by atoms with van der Waals surface area (Å²) in [4.78, 5) is 1.93. The highest BCUT2D eigenvalue weighted by molar-refractivity contribution is 5.14. The van der Waals surface area contributed by atoms with Crippen molar-refractivity contribution in [2.45, 2.75) is 39.0 Å². The summed E-state index contributed by atoms with van der Waals surface area (Å²) in [6, 6.07) is 0.452. The Morgan fingerprint density at radius 3 is 2.47 bits per heavy atom. The van der Waals surface area contributed by atoms with Gasteiger partial charge in [0.25, 0.3) is 0 Å². The van der Waals surface area contributed by atoms with Crippen molar-refractivity contribution in [2.75, 3.05) is 33.2 Å². The number of hydrogen-bond donors (Lipinski definition) is 1. The number of hydrogen-bond acceptors (Lipinski definition) is 2. The molecule has 1 unspecified atom stereocenters. The topological polar surface area (TPSA) is 18.3 Å². The summed E-state index contributed by atoms with van der Waals surface area (Å²) in [7, 11) is 1.85. The quantitative estimate of drug-likeness (QED) is 0.455. The highest BCUT2D eigenvalue weighted by atomic mass is 19.4. The van der Waals surface area contributed by atoms with E-state index in [1.165, 1.54) is 0 Å². The van der Waals surface area contributed by atoms with Gasteiger partial charge in [-0.3, -0.25) is 0 Å². The Morgan fingerprint density at radius 2 is 2.00 bits per heavy atom. The number of alkyl halides is 3. The summed E-state index contributed by atoms with van der Waals surface area (Å²) in [5.74, 6) is 0. The van der Waals surface area contributed by atoms with Crippen LogP contribution in [0.3, 0.4) is 0 Å². The average Bonchev–Trinajstić information content (AvgIpc) is 2.61. The Morgan fingerprint density at radius 1 is 1.37 bits per heavy atom. The molecular formula is C13H25F3N3+. The molecule has 0 aromatic rings. The lowest BCUT2D eigenvalue weighted by Gasteiger charge is -2.28. The maximum absolute atomic E-state index is 12.3. The molecule has 112 valence electrons. The molecule has 1 aliphatic rings. The maximum atomic E-state index is 12.3. The monoisotopic (exact) mass is 280 g/mol. The highest BCUT2D eigenvalue weighted by Gasteiger charge is 2.41. The molecule has 3 nitrogen and oxygen atoms in total. The molecule has 0 saturated carbocycles. The van der Waals surface area contributed by atoms with Crippen LogP contribution >= 0.6 is 0 Å². The van der Waals surface area contributed by atoms with Crippen LogP contribution in [0.1, 0.15) is 26.7 Å². The van der Waals surface area contributed by atoms with Gasteiger partial charge in [-0.25, -0.2) is 0 Å². The van der Waals surface area contributed by atoms with E-state index in [-0.39, 0.29) is 16.5 Å². The molecule has 0 spiro atoms. The van der Waals surface area contributed by atoms with Gasteiger partial charge in [-0.2, -0.15) is 0 Å². The average molecular weight is 280 g/mol. The zero-order chi connectivity index (χ0) is 14.7. The van der Waals surface area contributed by atoms with Crippen LogP contribution in [0.5, 0.6) is 0 Å². The van der Waals surface area contributed by atoms with Gasteiger partial charge in [0.2, 0.25) is 0 Å². The minimum absolute atomic E-state index is 0.0957.